The first kappa shape index (κ1) is 25.4. The smallest absolute Gasteiger partial charge is 0.244 e. The summed E-state index contributed by atoms with van der Waals surface area (Å²) in [4.78, 5) is 17.1. The van der Waals surface area contributed by atoms with Gasteiger partial charge in [0.15, 0.2) is 5.78 Å². The number of H-pyrrole nitrogens is 1. The Kier molecular flexibility index (Phi) is 6.59. The zero-order valence-electron chi connectivity index (χ0n) is 20.4. The van der Waals surface area contributed by atoms with Gasteiger partial charge in [0.25, 0.3) is 0 Å². The molecule has 0 spiro atoms. The normalized spacial score (nSPS) is 19.2. The van der Waals surface area contributed by atoms with Crippen LogP contribution in [0.5, 0.6) is 0 Å². The molecule has 2 aliphatic heterocycles. The number of sulfonamides is 1. The molecule has 196 valence electrons. The second kappa shape index (κ2) is 9.58. The van der Waals surface area contributed by atoms with Crippen molar-refractivity contribution in [2.45, 2.75) is 56.2 Å². The number of nitrogens with one attached hydrogen (secondary N) is 2. The molecule has 5 rings (SSSR count). The van der Waals surface area contributed by atoms with Gasteiger partial charge in [0.2, 0.25) is 10.0 Å². The molecule has 1 aromatic carbocycles. The number of aromatic amines is 1. The van der Waals surface area contributed by atoms with Gasteiger partial charge in [0, 0.05) is 43.2 Å². The predicted octanol–water partition coefficient (Wildman–Crippen LogP) is 3.54. The van der Waals surface area contributed by atoms with E-state index in [-0.39, 0.29) is 24.9 Å². The Balaban J connectivity index is 1.38. The number of pyridine rings is 1. The van der Waals surface area contributed by atoms with E-state index in [1.54, 1.807) is 32.2 Å². The minimum Gasteiger partial charge on any atom is -0.376 e. The maximum Gasteiger partial charge on any atom is 0.244 e. The number of nitrogens with zero attached hydrogens (tertiary/aromatic N) is 3. The van der Waals surface area contributed by atoms with E-state index < -0.39 is 32.1 Å². The SMILES string of the molecule is CC1(C)c2n[nH]c(CC(=O)c3cccnc3NCC3CCCO3)c2CN1S(=O)(=O)c1cc(F)cc(F)c1. The van der Waals surface area contributed by atoms with Crippen LogP contribution in [-0.4, -0.2) is 52.9 Å². The van der Waals surface area contributed by atoms with Gasteiger partial charge in [0.1, 0.15) is 17.5 Å². The van der Waals surface area contributed by atoms with Gasteiger partial charge in [-0.1, -0.05) is 0 Å². The van der Waals surface area contributed by atoms with Gasteiger partial charge in [-0.3, -0.25) is 9.89 Å². The van der Waals surface area contributed by atoms with Gasteiger partial charge in [-0.05, 0) is 51.0 Å². The summed E-state index contributed by atoms with van der Waals surface area (Å²) in [6, 6.07) is 5.55. The molecule has 0 aliphatic carbocycles. The number of anilines is 1. The molecule has 37 heavy (non-hydrogen) atoms. The Labute approximate surface area is 213 Å². The monoisotopic (exact) mass is 531 g/mol. The maximum absolute atomic E-state index is 13.8. The quantitative estimate of drug-likeness (QED) is 0.427. The topological polar surface area (TPSA) is 117 Å². The first-order chi connectivity index (χ1) is 17.6. The van der Waals surface area contributed by atoms with Crippen LogP contribution in [0.3, 0.4) is 0 Å². The molecule has 4 heterocycles. The fourth-order valence-corrected chi connectivity index (χ4v) is 6.68. The largest absolute Gasteiger partial charge is 0.376 e. The number of carbonyl (C=O) groups is 1. The van der Waals surface area contributed by atoms with Gasteiger partial charge >= 0.3 is 0 Å². The molecule has 0 saturated carbocycles. The first-order valence-corrected chi connectivity index (χ1v) is 13.4. The van der Waals surface area contributed by atoms with Crippen LogP contribution in [0.1, 0.15) is 54.0 Å². The lowest BCUT2D eigenvalue weighted by molar-refractivity contribution is 0.0991. The molecule has 0 radical (unpaired) electrons. The van der Waals surface area contributed by atoms with E-state index in [0.29, 0.717) is 40.9 Å². The Morgan fingerprint density at radius 3 is 2.73 bits per heavy atom. The number of rotatable bonds is 8. The number of halogens is 2. The van der Waals surface area contributed by atoms with Crippen LogP contribution in [0.4, 0.5) is 14.6 Å². The fraction of sp³-hybridized carbons (Fsp3) is 0.400. The Hall–Kier alpha value is -3.22. The minimum atomic E-state index is -4.27. The Morgan fingerprint density at radius 1 is 1.27 bits per heavy atom. The van der Waals surface area contributed by atoms with Crippen LogP contribution in [0.15, 0.2) is 41.4 Å². The number of fused-ring (bicyclic) bond motifs is 1. The molecule has 0 bridgehead atoms. The lowest BCUT2D eigenvalue weighted by atomic mass is 9.99. The third-order valence-corrected chi connectivity index (χ3v) is 8.85. The number of aromatic nitrogens is 3. The number of benzene rings is 1. The second-order valence-corrected chi connectivity index (χ2v) is 11.6. The molecule has 3 aromatic rings. The van der Waals surface area contributed by atoms with Crippen molar-refractivity contribution in [2.24, 2.45) is 0 Å². The van der Waals surface area contributed by atoms with Crippen LogP contribution >= 0.6 is 0 Å². The highest BCUT2D eigenvalue weighted by Gasteiger charge is 2.48. The van der Waals surface area contributed by atoms with Gasteiger partial charge in [-0.2, -0.15) is 9.40 Å². The number of hydrogen-bond acceptors (Lipinski definition) is 7. The Morgan fingerprint density at radius 2 is 2.03 bits per heavy atom. The average molecular weight is 532 g/mol. The number of carbonyl (C=O) groups excluding carboxylic acids is 1. The van der Waals surface area contributed by atoms with Crippen molar-refractivity contribution in [1.82, 2.24) is 19.5 Å². The Bertz CT molecular complexity index is 1430. The standard InChI is InChI=1S/C25H27F2N5O4S/c1-25(2)23-20(14-32(25)37(34,35)18-10-15(26)9-16(27)11-18)21(30-31-23)12-22(33)19-6-3-7-28-24(19)29-13-17-5-4-8-36-17/h3,6-7,9-11,17H,4-5,8,12-14H2,1-2H3,(H,28,29)(H,30,31). The molecule has 1 atom stereocenters. The van der Waals surface area contributed by atoms with Crippen molar-refractivity contribution in [3.05, 3.63) is 70.7 Å². The predicted molar refractivity (Wildman–Crippen MR) is 130 cm³/mol. The summed E-state index contributed by atoms with van der Waals surface area (Å²) in [6.45, 7) is 4.49. The number of hydrogen-bond donors (Lipinski definition) is 2. The summed E-state index contributed by atoms with van der Waals surface area (Å²) in [5, 5.41) is 10.4. The highest BCUT2D eigenvalue weighted by molar-refractivity contribution is 7.89. The van der Waals surface area contributed by atoms with E-state index in [4.69, 9.17) is 4.74 Å². The van der Waals surface area contributed by atoms with Gasteiger partial charge < -0.3 is 10.1 Å². The lowest BCUT2D eigenvalue weighted by Gasteiger charge is -2.30. The third-order valence-electron chi connectivity index (χ3n) is 6.85. The summed E-state index contributed by atoms with van der Waals surface area (Å²) in [5.74, 6) is -1.74. The fourth-order valence-electron chi connectivity index (χ4n) is 4.92. The zero-order chi connectivity index (χ0) is 26.4. The minimum absolute atomic E-state index is 0.0544. The van der Waals surface area contributed by atoms with Gasteiger partial charge in [-0.15, -0.1) is 0 Å². The molecule has 2 N–H and O–H groups in total. The summed E-state index contributed by atoms with van der Waals surface area (Å²) >= 11 is 0. The maximum atomic E-state index is 13.8. The van der Waals surface area contributed by atoms with E-state index in [2.05, 4.69) is 20.5 Å². The summed E-state index contributed by atoms with van der Waals surface area (Å²) in [6.07, 6.45) is 3.57. The van der Waals surface area contributed by atoms with Crippen molar-refractivity contribution in [3.8, 4) is 0 Å². The highest BCUT2D eigenvalue weighted by atomic mass is 32.2. The summed E-state index contributed by atoms with van der Waals surface area (Å²) in [7, 11) is -4.27. The zero-order valence-corrected chi connectivity index (χ0v) is 21.2. The molecule has 9 nitrogen and oxygen atoms in total. The van der Waals surface area contributed by atoms with Gasteiger partial charge in [-0.25, -0.2) is 22.2 Å². The van der Waals surface area contributed by atoms with Crippen molar-refractivity contribution >= 4 is 21.6 Å². The molecule has 12 heteroatoms. The van der Waals surface area contributed by atoms with E-state index in [1.807, 2.05) is 0 Å². The second-order valence-electron chi connectivity index (χ2n) is 9.72. The van der Waals surface area contributed by atoms with E-state index in [9.17, 15) is 22.0 Å². The number of ether oxygens (including phenoxy) is 1. The van der Waals surface area contributed by atoms with Crippen molar-refractivity contribution in [1.29, 1.82) is 0 Å². The van der Waals surface area contributed by atoms with Gasteiger partial charge in [0.05, 0.1) is 34.2 Å². The van der Waals surface area contributed by atoms with Crippen molar-refractivity contribution in [2.75, 3.05) is 18.5 Å². The van der Waals surface area contributed by atoms with E-state index in [1.165, 1.54) is 0 Å². The molecule has 1 fully saturated rings. The van der Waals surface area contributed by atoms with Crippen LogP contribution in [0.25, 0.3) is 0 Å². The van der Waals surface area contributed by atoms with Crippen molar-refractivity contribution < 1.29 is 26.7 Å². The molecule has 0 amide bonds. The lowest BCUT2D eigenvalue weighted by Crippen LogP contribution is -2.40. The summed E-state index contributed by atoms with van der Waals surface area (Å²) < 4.78 is 61.1. The molecular formula is C25H27F2N5O4S. The van der Waals surface area contributed by atoms with E-state index >= 15 is 0 Å². The molecule has 2 aliphatic rings. The molecular weight excluding hydrogens is 504 g/mol. The molecule has 1 unspecified atom stereocenters. The van der Waals surface area contributed by atoms with E-state index in [0.717, 1.165) is 35.9 Å². The van der Waals surface area contributed by atoms with Crippen LogP contribution in [-0.2, 0) is 33.3 Å². The number of ketones is 1. The third kappa shape index (κ3) is 4.76. The molecule has 2 aromatic heterocycles. The van der Waals surface area contributed by atoms with Crippen molar-refractivity contribution in [3.63, 3.8) is 0 Å². The van der Waals surface area contributed by atoms with Crippen LogP contribution in [0, 0.1) is 11.6 Å². The first-order valence-electron chi connectivity index (χ1n) is 12.0. The van der Waals surface area contributed by atoms with Crippen LogP contribution < -0.4 is 5.32 Å². The molecule has 1 saturated heterocycles. The average Bonchev–Trinajstić information content (AvgIpc) is 3.56. The van der Waals surface area contributed by atoms with Crippen LogP contribution in [0.2, 0.25) is 0 Å². The summed E-state index contributed by atoms with van der Waals surface area (Å²) in [5.41, 5.74) is 0.790. The highest BCUT2D eigenvalue weighted by Crippen LogP contribution is 2.42. The number of Topliss-reactive ketones (excluding diaryl/α,β-unsaturated/α-hetero) is 1.